The molecular weight excluding hydrogens is 234 g/mol. The summed E-state index contributed by atoms with van der Waals surface area (Å²) in [4.78, 5) is 13.8. The van der Waals surface area contributed by atoms with Crippen molar-refractivity contribution in [3.63, 3.8) is 0 Å². The van der Waals surface area contributed by atoms with Gasteiger partial charge in [-0.3, -0.25) is 4.84 Å². The van der Waals surface area contributed by atoms with Crippen LogP contribution in [0.15, 0.2) is 29.2 Å². The highest BCUT2D eigenvalue weighted by Gasteiger charge is 2.09. The molecule has 0 aliphatic heterocycles. The largest absolute Gasteiger partial charge is 0.299 e. The number of rotatable bonds is 3. The number of hydrogen-bond acceptors (Lipinski definition) is 5. The van der Waals surface area contributed by atoms with Crippen molar-refractivity contribution in [2.24, 2.45) is 0 Å². The molecule has 1 aromatic carbocycles. The summed E-state index contributed by atoms with van der Waals surface area (Å²) >= 11 is 0. The highest BCUT2D eigenvalue weighted by atomic mass is 35.7. The lowest BCUT2D eigenvalue weighted by Crippen LogP contribution is -2.03. The second-order valence-corrected chi connectivity index (χ2v) is 4.79. The maximum Gasteiger partial charge on any atom is 0.299 e. The van der Waals surface area contributed by atoms with Crippen molar-refractivity contribution in [2.45, 2.75) is 4.90 Å². The molecule has 0 aromatic heterocycles. The van der Waals surface area contributed by atoms with Crippen LogP contribution in [0.25, 0.3) is 0 Å². The van der Waals surface area contributed by atoms with E-state index in [-0.39, 0.29) is 10.6 Å². The molecule has 0 aliphatic carbocycles. The average molecular weight is 238 g/mol. The number of nitrogens with zero attached hydrogens (tertiary/aromatic N) is 1. The van der Waals surface area contributed by atoms with Gasteiger partial charge in [0.25, 0.3) is 14.1 Å². The molecule has 6 nitrogen and oxygen atoms in total. The van der Waals surface area contributed by atoms with E-state index in [4.69, 9.17) is 10.7 Å². The van der Waals surface area contributed by atoms with E-state index in [0.717, 1.165) is 24.3 Å². The number of halogens is 1. The Hall–Kier alpha value is -1.34. The van der Waals surface area contributed by atoms with Gasteiger partial charge in [-0.05, 0) is 24.3 Å². The van der Waals surface area contributed by atoms with Crippen molar-refractivity contribution in [2.75, 3.05) is 0 Å². The Bertz CT molecular complexity index is 440. The first-order chi connectivity index (χ1) is 6.39. The molecule has 0 N–H and O–H groups in total. The molecule has 0 bridgehead atoms. The maximum absolute atomic E-state index is 10.8. The summed E-state index contributed by atoms with van der Waals surface area (Å²) in [5, 5.41) is 8.89. The molecule has 76 valence electrons. The molecule has 0 saturated carbocycles. The predicted octanol–water partition coefficient (Wildman–Crippen LogP) is 1.18. The van der Waals surface area contributed by atoms with Gasteiger partial charge < -0.3 is 0 Å². The quantitative estimate of drug-likeness (QED) is 0.448. The molecule has 0 saturated heterocycles. The first-order valence-electron chi connectivity index (χ1n) is 3.26. The third kappa shape index (κ3) is 2.86. The van der Waals surface area contributed by atoms with Gasteiger partial charge in [0.05, 0.1) is 4.90 Å². The summed E-state index contributed by atoms with van der Waals surface area (Å²) in [6, 6.07) is 4.50. The van der Waals surface area contributed by atoms with Gasteiger partial charge in [-0.2, -0.15) is 0 Å². The van der Waals surface area contributed by atoms with Crippen LogP contribution in [0.4, 0.5) is 0 Å². The van der Waals surface area contributed by atoms with Crippen molar-refractivity contribution in [3.8, 4) is 5.75 Å². The molecule has 1 rings (SSSR count). The topological polar surface area (TPSA) is 86.5 Å². The Morgan fingerprint density at radius 2 is 1.79 bits per heavy atom. The lowest BCUT2D eigenvalue weighted by molar-refractivity contribution is -0.711. The molecule has 0 spiro atoms. The fourth-order valence-corrected chi connectivity index (χ4v) is 1.52. The zero-order chi connectivity index (χ0) is 10.8. The zero-order valence-electron chi connectivity index (χ0n) is 6.58. The molecule has 0 aliphatic rings. The average Bonchev–Trinajstić information content (AvgIpc) is 2.02. The van der Waals surface area contributed by atoms with Crippen LogP contribution < -0.4 is 4.84 Å². The number of hydrogen-bond donors (Lipinski definition) is 0. The molecule has 0 radical (unpaired) electrons. The summed E-state index contributed by atoms with van der Waals surface area (Å²) in [6.07, 6.45) is 0. The van der Waals surface area contributed by atoms with E-state index < -0.39 is 14.1 Å². The summed E-state index contributed by atoms with van der Waals surface area (Å²) in [6.45, 7) is 0. The van der Waals surface area contributed by atoms with Gasteiger partial charge in [-0.25, -0.2) is 8.42 Å². The monoisotopic (exact) mass is 237 g/mol. The van der Waals surface area contributed by atoms with Crippen LogP contribution in [0.1, 0.15) is 0 Å². The fraction of sp³-hybridized carbons (Fsp3) is 0. The van der Waals surface area contributed by atoms with E-state index in [0.29, 0.717) is 0 Å². The van der Waals surface area contributed by atoms with Crippen molar-refractivity contribution in [1.82, 2.24) is 0 Å². The van der Waals surface area contributed by atoms with Crippen molar-refractivity contribution in [3.05, 3.63) is 34.4 Å². The van der Waals surface area contributed by atoms with Gasteiger partial charge >= 0.3 is 0 Å². The van der Waals surface area contributed by atoms with E-state index in [2.05, 4.69) is 4.84 Å². The van der Waals surface area contributed by atoms with Gasteiger partial charge in [0.1, 0.15) is 5.75 Å². The van der Waals surface area contributed by atoms with E-state index >= 15 is 0 Å². The minimum atomic E-state index is -3.80. The van der Waals surface area contributed by atoms with Gasteiger partial charge in [0, 0.05) is 10.7 Å². The Kier molecular flexibility index (Phi) is 2.92. The number of benzene rings is 1. The molecule has 8 heteroatoms. The molecular formula is C6H4ClNO5S. The molecule has 0 unspecified atom stereocenters. The van der Waals surface area contributed by atoms with Gasteiger partial charge in [0.2, 0.25) is 0 Å². The van der Waals surface area contributed by atoms with E-state index in [1.54, 1.807) is 0 Å². The van der Waals surface area contributed by atoms with Crippen LogP contribution >= 0.6 is 10.7 Å². The smallest absolute Gasteiger partial charge is 0.276 e. The van der Waals surface area contributed by atoms with Crippen LogP contribution in [-0.4, -0.2) is 13.5 Å². The summed E-state index contributed by atoms with van der Waals surface area (Å²) < 4.78 is 21.5. The Balaban J connectivity index is 2.95. The van der Waals surface area contributed by atoms with Gasteiger partial charge in [-0.15, -0.1) is 10.1 Å². The molecule has 1 aromatic rings. The summed E-state index contributed by atoms with van der Waals surface area (Å²) in [5.74, 6) is -0.0703. The van der Waals surface area contributed by atoms with Crippen LogP contribution in [-0.2, 0) is 9.05 Å². The summed E-state index contributed by atoms with van der Waals surface area (Å²) in [7, 11) is 1.21. The molecule has 0 fully saturated rings. The minimum absolute atomic E-state index is 0.0703. The van der Waals surface area contributed by atoms with Crippen LogP contribution in [0.3, 0.4) is 0 Å². The second-order valence-electron chi connectivity index (χ2n) is 2.22. The highest BCUT2D eigenvalue weighted by Crippen LogP contribution is 2.18. The maximum atomic E-state index is 10.8. The van der Waals surface area contributed by atoms with Crippen molar-refractivity contribution >= 4 is 19.7 Å². The predicted molar refractivity (Wildman–Crippen MR) is 47.1 cm³/mol. The second kappa shape index (κ2) is 3.81. The molecule has 0 atom stereocenters. The zero-order valence-corrected chi connectivity index (χ0v) is 8.16. The third-order valence-corrected chi connectivity index (χ3v) is 2.65. The molecule has 14 heavy (non-hydrogen) atoms. The van der Waals surface area contributed by atoms with Gasteiger partial charge in [0.15, 0.2) is 0 Å². The fourth-order valence-electron chi connectivity index (χ4n) is 0.749. The lowest BCUT2D eigenvalue weighted by Gasteiger charge is -1.98. The SMILES string of the molecule is O=[N+]([O-])Oc1ccc(S(=O)(=O)Cl)cc1. The molecule has 0 heterocycles. The third-order valence-electron chi connectivity index (χ3n) is 1.29. The Labute approximate surface area is 83.6 Å². The van der Waals surface area contributed by atoms with E-state index in [1.807, 2.05) is 0 Å². The van der Waals surface area contributed by atoms with E-state index in [9.17, 15) is 18.5 Å². The van der Waals surface area contributed by atoms with Gasteiger partial charge in [-0.1, -0.05) is 0 Å². The van der Waals surface area contributed by atoms with Crippen LogP contribution in [0.2, 0.25) is 0 Å². The Morgan fingerprint density at radius 1 is 1.29 bits per heavy atom. The highest BCUT2D eigenvalue weighted by molar-refractivity contribution is 8.13. The first-order valence-corrected chi connectivity index (χ1v) is 5.57. The summed E-state index contributed by atoms with van der Waals surface area (Å²) in [5.41, 5.74) is 0. The first kappa shape index (κ1) is 10.7. The van der Waals surface area contributed by atoms with Crippen molar-refractivity contribution in [1.29, 1.82) is 0 Å². The van der Waals surface area contributed by atoms with Crippen LogP contribution in [0.5, 0.6) is 5.75 Å². The minimum Gasteiger partial charge on any atom is -0.276 e. The van der Waals surface area contributed by atoms with E-state index in [1.165, 1.54) is 0 Å². The standard InChI is InChI=1S/C6H4ClNO5S/c7-14(11,12)6-3-1-5(2-4-6)13-8(9)10/h1-4H. The Morgan fingerprint density at radius 3 is 2.14 bits per heavy atom. The normalized spacial score (nSPS) is 10.9. The van der Waals surface area contributed by atoms with Crippen molar-refractivity contribution < 1.29 is 18.3 Å². The van der Waals surface area contributed by atoms with Crippen LogP contribution in [0, 0.1) is 10.1 Å². The lowest BCUT2D eigenvalue weighted by atomic mass is 10.3. The molecule has 0 amide bonds.